The number of pyridine rings is 1. The third-order valence-electron chi connectivity index (χ3n) is 6.35. The molecule has 5 N–H and O–H groups in total. The van der Waals surface area contributed by atoms with E-state index in [1.54, 1.807) is 11.2 Å². The Morgan fingerprint density at radius 1 is 1.00 bits per heavy atom. The zero-order chi connectivity index (χ0) is 28.4. The smallest absolute Gasteiger partial charge is 0.407 e. The topological polar surface area (TPSA) is 130 Å². The van der Waals surface area contributed by atoms with E-state index >= 15 is 0 Å². The summed E-state index contributed by atoms with van der Waals surface area (Å²) in [5.41, 5.74) is 12.4. The molecule has 208 valence electrons. The normalized spacial score (nSPS) is 13.8. The maximum Gasteiger partial charge on any atom is 0.407 e. The first kappa shape index (κ1) is 29.8. The molecule has 3 rings (SSSR count). The van der Waals surface area contributed by atoms with Gasteiger partial charge in [0.05, 0.1) is 18.9 Å². The average Bonchev–Trinajstić information content (AvgIpc) is 2.92. The van der Waals surface area contributed by atoms with Gasteiger partial charge in [0.2, 0.25) is 0 Å². The minimum absolute atomic E-state index is 0.0802. The number of benzene rings is 2. The van der Waals surface area contributed by atoms with Crippen molar-refractivity contribution in [3.63, 3.8) is 0 Å². The molecule has 0 bridgehead atoms. The molecule has 0 saturated carbocycles. The van der Waals surface area contributed by atoms with Crippen LogP contribution in [-0.2, 0) is 22.5 Å². The quantitative estimate of drug-likeness (QED) is 0.278. The SMILES string of the molecule is COC(=O)N[C@H](C(=O)NN(Cc1ccc(-c2ccccn2)cc1)CC(O)C(N)Cc1ccccc1)C(C)(C)C. The Kier molecular flexibility index (Phi) is 10.6. The molecule has 0 spiro atoms. The van der Waals surface area contributed by atoms with Crippen molar-refractivity contribution in [2.45, 2.75) is 51.9 Å². The summed E-state index contributed by atoms with van der Waals surface area (Å²) in [6.07, 6.45) is 0.595. The van der Waals surface area contributed by atoms with Gasteiger partial charge in [-0.25, -0.2) is 9.80 Å². The van der Waals surface area contributed by atoms with E-state index in [2.05, 4.69) is 15.7 Å². The molecule has 1 heterocycles. The number of aliphatic hydroxyl groups excluding tert-OH is 1. The standard InChI is InChI=1S/C30H39N5O4/c1-30(2,3)27(33-29(38)39-4)28(37)34-35(20-26(36)24(31)18-21-10-6-5-7-11-21)19-22-13-15-23(16-14-22)25-12-8-9-17-32-25/h5-17,24,26-27,36H,18-20,31H2,1-4H3,(H,33,38)(H,34,37)/t24?,26?,27-/m1/s1. The molecule has 0 aliphatic heterocycles. The molecule has 39 heavy (non-hydrogen) atoms. The van der Waals surface area contributed by atoms with Crippen molar-refractivity contribution in [3.8, 4) is 11.3 Å². The van der Waals surface area contributed by atoms with Crippen molar-refractivity contribution in [3.05, 3.63) is 90.1 Å². The van der Waals surface area contributed by atoms with E-state index < -0.39 is 35.6 Å². The zero-order valence-electron chi connectivity index (χ0n) is 23.0. The number of nitrogens with zero attached hydrogens (tertiary/aromatic N) is 2. The van der Waals surface area contributed by atoms with E-state index in [0.29, 0.717) is 13.0 Å². The average molecular weight is 534 g/mol. The summed E-state index contributed by atoms with van der Waals surface area (Å²) in [6.45, 7) is 5.92. The molecule has 9 nitrogen and oxygen atoms in total. The van der Waals surface area contributed by atoms with Crippen LogP contribution < -0.4 is 16.5 Å². The predicted molar refractivity (Wildman–Crippen MR) is 151 cm³/mol. The van der Waals surface area contributed by atoms with Crippen LogP contribution in [0.25, 0.3) is 11.3 Å². The summed E-state index contributed by atoms with van der Waals surface area (Å²) >= 11 is 0. The number of aliphatic hydroxyl groups is 1. The van der Waals surface area contributed by atoms with Crippen molar-refractivity contribution in [2.75, 3.05) is 13.7 Å². The van der Waals surface area contributed by atoms with Crippen molar-refractivity contribution in [2.24, 2.45) is 11.1 Å². The van der Waals surface area contributed by atoms with Crippen LogP contribution in [0.3, 0.4) is 0 Å². The summed E-state index contributed by atoms with van der Waals surface area (Å²) in [7, 11) is 1.25. The number of hydrogen-bond donors (Lipinski definition) is 4. The van der Waals surface area contributed by atoms with Crippen LogP contribution in [0.2, 0.25) is 0 Å². The lowest BCUT2D eigenvalue weighted by molar-refractivity contribution is -0.131. The molecule has 2 unspecified atom stereocenters. The molecule has 1 aromatic heterocycles. The van der Waals surface area contributed by atoms with Crippen molar-refractivity contribution in [1.82, 2.24) is 20.7 Å². The maximum atomic E-state index is 13.4. The van der Waals surface area contributed by atoms with Gasteiger partial charge in [0.25, 0.3) is 5.91 Å². The lowest BCUT2D eigenvalue weighted by atomic mass is 9.86. The second-order valence-electron chi connectivity index (χ2n) is 10.6. The Labute approximate surface area is 230 Å². The van der Waals surface area contributed by atoms with Gasteiger partial charge in [-0.05, 0) is 35.1 Å². The van der Waals surface area contributed by atoms with Gasteiger partial charge < -0.3 is 20.9 Å². The zero-order valence-corrected chi connectivity index (χ0v) is 23.0. The molecule has 2 aromatic carbocycles. The fourth-order valence-electron chi connectivity index (χ4n) is 4.14. The molecule has 0 aliphatic carbocycles. The van der Waals surface area contributed by atoms with Gasteiger partial charge in [0.15, 0.2) is 0 Å². The van der Waals surface area contributed by atoms with Crippen molar-refractivity contribution in [1.29, 1.82) is 0 Å². The van der Waals surface area contributed by atoms with Crippen LogP contribution in [0.4, 0.5) is 4.79 Å². The highest BCUT2D eigenvalue weighted by atomic mass is 16.5. The molecule has 0 radical (unpaired) electrons. The van der Waals surface area contributed by atoms with Gasteiger partial charge in [-0.15, -0.1) is 0 Å². The minimum Gasteiger partial charge on any atom is -0.453 e. The molecule has 0 aliphatic rings. The van der Waals surface area contributed by atoms with Gasteiger partial charge in [0.1, 0.15) is 6.04 Å². The number of nitrogens with one attached hydrogen (secondary N) is 2. The van der Waals surface area contributed by atoms with Gasteiger partial charge >= 0.3 is 6.09 Å². The first-order valence-corrected chi connectivity index (χ1v) is 12.9. The predicted octanol–water partition coefficient (Wildman–Crippen LogP) is 3.28. The van der Waals surface area contributed by atoms with Crippen LogP contribution in [0.15, 0.2) is 79.0 Å². The second-order valence-corrected chi connectivity index (χ2v) is 10.6. The summed E-state index contributed by atoms with van der Waals surface area (Å²) in [4.78, 5) is 29.7. The maximum absolute atomic E-state index is 13.4. The highest BCUT2D eigenvalue weighted by Crippen LogP contribution is 2.21. The minimum atomic E-state index is -0.931. The Bertz CT molecular complexity index is 1180. The summed E-state index contributed by atoms with van der Waals surface area (Å²) < 4.78 is 4.72. The largest absolute Gasteiger partial charge is 0.453 e. The first-order valence-electron chi connectivity index (χ1n) is 12.9. The third-order valence-corrected chi connectivity index (χ3v) is 6.35. The summed E-state index contributed by atoms with van der Waals surface area (Å²) in [5, 5.41) is 15.2. The van der Waals surface area contributed by atoms with E-state index in [-0.39, 0.29) is 6.54 Å². The number of ether oxygens (including phenoxy) is 1. The molecule has 3 aromatic rings. The summed E-state index contributed by atoms with van der Waals surface area (Å²) in [6, 6.07) is 21.8. The number of rotatable bonds is 11. The number of hydrazine groups is 1. The molecule has 9 heteroatoms. The van der Waals surface area contributed by atoms with E-state index in [9.17, 15) is 14.7 Å². The Morgan fingerprint density at radius 3 is 2.26 bits per heavy atom. The van der Waals surface area contributed by atoms with Crippen LogP contribution in [0.1, 0.15) is 31.9 Å². The number of amides is 2. The monoisotopic (exact) mass is 533 g/mol. The van der Waals surface area contributed by atoms with Crippen LogP contribution in [0, 0.1) is 5.41 Å². The van der Waals surface area contributed by atoms with E-state index in [1.165, 1.54) is 7.11 Å². The molecule has 0 fully saturated rings. The van der Waals surface area contributed by atoms with Crippen molar-refractivity contribution < 1.29 is 19.4 Å². The van der Waals surface area contributed by atoms with Gasteiger partial charge in [-0.1, -0.05) is 81.4 Å². The summed E-state index contributed by atoms with van der Waals surface area (Å²) in [5.74, 6) is -0.429. The van der Waals surface area contributed by atoms with E-state index in [1.807, 2.05) is 93.6 Å². The van der Waals surface area contributed by atoms with Gasteiger partial charge in [0, 0.05) is 30.9 Å². The fourth-order valence-corrected chi connectivity index (χ4v) is 4.14. The molecule has 3 atom stereocenters. The highest BCUT2D eigenvalue weighted by Gasteiger charge is 2.34. The van der Waals surface area contributed by atoms with Crippen LogP contribution >= 0.6 is 0 Å². The van der Waals surface area contributed by atoms with Crippen molar-refractivity contribution >= 4 is 12.0 Å². The van der Waals surface area contributed by atoms with Gasteiger partial charge in [-0.3, -0.25) is 15.2 Å². The highest BCUT2D eigenvalue weighted by molar-refractivity contribution is 5.86. The number of methoxy groups -OCH3 is 1. The number of carbonyl (C=O) groups is 2. The number of nitrogens with two attached hydrogens (primary N) is 1. The third kappa shape index (κ3) is 9.17. The second kappa shape index (κ2) is 13.8. The lowest BCUT2D eigenvalue weighted by Gasteiger charge is -2.34. The Hall–Kier alpha value is -3.79. The van der Waals surface area contributed by atoms with Gasteiger partial charge in [-0.2, -0.15) is 0 Å². The number of aromatic nitrogens is 1. The molecular formula is C30H39N5O4. The van der Waals surface area contributed by atoms with E-state index in [4.69, 9.17) is 10.5 Å². The number of carbonyl (C=O) groups excluding carboxylic acids is 2. The number of alkyl carbamates (subject to hydrolysis) is 1. The number of hydrogen-bond acceptors (Lipinski definition) is 7. The van der Waals surface area contributed by atoms with Crippen LogP contribution in [0.5, 0.6) is 0 Å². The molecule has 2 amide bonds. The molecular weight excluding hydrogens is 494 g/mol. The first-order chi connectivity index (χ1) is 18.6. The Balaban J connectivity index is 1.78. The fraction of sp³-hybridized carbons (Fsp3) is 0.367. The van der Waals surface area contributed by atoms with Crippen LogP contribution in [-0.4, -0.2) is 58.9 Å². The Morgan fingerprint density at radius 2 is 1.67 bits per heavy atom. The molecule has 0 saturated heterocycles. The van der Waals surface area contributed by atoms with E-state index in [0.717, 1.165) is 22.4 Å². The lowest BCUT2D eigenvalue weighted by Crippen LogP contribution is -2.58.